The lowest BCUT2D eigenvalue weighted by Gasteiger charge is -2.18. The molecule has 0 aromatic carbocycles. The summed E-state index contributed by atoms with van der Waals surface area (Å²) in [5.74, 6) is -4.16. The maximum Gasteiger partial charge on any atom is 0.367 e. The minimum absolute atomic E-state index is 0.470. The second-order valence-electron chi connectivity index (χ2n) is 6.18. The van der Waals surface area contributed by atoms with Gasteiger partial charge in [-0.2, -0.15) is 4.39 Å². The van der Waals surface area contributed by atoms with Crippen LogP contribution in [-0.4, -0.2) is 22.6 Å². The first-order valence-electron chi connectivity index (χ1n) is 5.80. The fraction of sp³-hybridized carbons (Fsp3) is 0.692. The van der Waals surface area contributed by atoms with Gasteiger partial charge in [-0.05, 0) is 38.2 Å². The van der Waals surface area contributed by atoms with Crippen molar-refractivity contribution in [3.63, 3.8) is 0 Å². The van der Waals surface area contributed by atoms with Crippen molar-refractivity contribution in [3.05, 3.63) is 11.9 Å². The average molecular weight is 258 g/mol. The fourth-order valence-electron chi connectivity index (χ4n) is 2.01. The van der Waals surface area contributed by atoms with Gasteiger partial charge in [0.25, 0.3) is 0 Å². The van der Waals surface area contributed by atoms with Gasteiger partial charge in [-0.25, -0.2) is 4.79 Å². The zero-order chi connectivity index (χ0) is 14.3. The predicted octanol–water partition coefficient (Wildman–Crippen LogP) is 2.54. The molecule has 0 unspecified atom stereocenters. The van der Waals surface area contributed by atoms with E-state index in [1.54, 1.807) is 34.6 Å². The Kier molecular flexibility index (Phi) is 3.56. The highest BCUT2D eigenvalue weighted by atomic mass is 19.1. The number of aliphatic carboxylic acids is 1. The first-order chi connectivity index (χ1) is 7.97. The largest absolute Gasteiger partial charge is 0.481 e. The highest BCUT2D eigenvalue weighted by Crippen LogP contribution is 2.59. The summed E-state index contributed by atoms with van der Waals surface area (Å²) in [6, 6.07) is 0. The number of halogens is 1. The maximum atomic E-state index is 13.6. The first kappa shape index (κ1) is 14.7. The lowest BCUT2D eigenvalue weighted by molar-refractivity contribution is -0.151. The standard InChI is InChI=1S/C13H19FO4/c1-12(2,3)18-11(17)8(14)6-7-9(10(15)16)13(7,4)5/h6-7,9H,1-5H3,(H,15,16)/t7-,9-/m0/s1. The average Bonchev–Trinajstić information content (AvgIpc) is 2.64. The molecule has 0 aromatic rings. The number of hydrogen-bond acceptors (Lipinski definition) is 3. The third-order valence-electron chi connectivity index (χ3n) is 3.10. The van der Waals surface area contributed by atoms with E-state index in [0.717, 1.165) is 6.08 Å². The normalized spacial score (nSPS) is 26.7. The van der Waals surface area contributed by atoms with Crippen LogP contribution in [0, 0.1) is 17.3 Å². The molecule has 2 atom stereocenters. The number of esters is 1. The lowest BCUT2D eigenvalue weighted by Crippen LogP contribution is -2.24. The molecule has 5 heteroatoms. The number of carboxylic acid groups (broad SMARTS) is 1. The number of carboxylic acids is 1. The smallest absolute Gasteiger partial charge is 0.367 e. The van der Waals surface area contributed by atoms with Crippen LogP contribution in [0.3, 0.4) is 0 Å². The summed E-state index contributed by atoms with van der Waals surface area (Å²) in [6.45, 7) is 8.38. The maximum absolute atomic E-state index is 13.6. The Morgan fingerprint density at radius 3 is 2.17 bits per heavy atom. The second-order valence-corrected chi connectivity index (χ2v) is 6.18. The molecule has 18 heavy (non-hydrogen) atoms. The molecule has 0 saturated heterocycles. The van der Waals surface area contributed by atoms with E-state index in [1.807, 2.05) is 0 Å². The molecule has 1 rings (SSSR count). The van der Waals surface area contributed by atoms with E-state index in [0.29, 0.717) is 0 Å². The molecule has 102 valence electrons. The van der Waals surface area contributed by atoms with Gasteiger partial charge in [-0.15, -0.1) is 0 Å². The summed E-state index contributed by atoms with van der Waals surface area (Å²) in [4.78, 5) is 22.3. The Morgan fingerprint density at radius 1 is 1.33 bits per heavy atom. The van der Waals surface area contributed by atoms with E-state index >= 15 is 0 Å². The fourth-order valence-corrected chi connectivity index (χ4v) is 2.01. The van der Waals surface area contributed by atoms with Gasteiger partial charge in [-0.1, -0.05) is 13.8 Å². The number of rotatable bonds is 3. The predicted molar refractivity (Wildman–Crippen MR) is 63.4 cm³/mol. The highest BCUT2D eigenvalue weighted by Gasteiger charge is 2.61. The SMILES string of the molecule is CC(C)(C)OC(=O)C(F)=C[C@H]1[C@@H](C(=O)O)C1(C)C. The second kappa shape index (κ2) is 4.37. The van der Waals surface area contributed by atoms with Crippen LogP contribution in [0.1, 0.15) is 34.6 Å². The van der Waals surface area contributed by atoms with Gasteiger partial charge in [0.1, 0.15) is 5.60 Å². The van der Waals surface area contributed by atoms with Gasteiger partial charge in [0.05, 0.1) is 5.92 Å². The number of ether oxygens (including phenoxy) is 1. The molecule has 1 aliphatic carbocycles. The van der Waals surface area contributed by atoms with Crippen molar-refractivity contribution in [2.45, 2.75) is 40.2 Å². The molecule has 1 N–H and O–H groups in total. The molecule has 1 aliphatic rings. The summed E-state index contributed by atoms with van der Waals surface area (Å²) in [5.41, 5.74) is -1.29. The molecule has 0 bridgehead atoms. The third-order valence-corrected chi connectivity index (χ3v) is 3.10. The highest BCUT2D eigenvalue weighted by molar-refractivity contribution is 5.87. The van der Waals surface area contributed by atoms with Crippen molar-refractivity contribution in [2.24, 2.45) is 17.3 Å². The third kappa shape index (κ3) is 3.09. The molecule has 0 radical (unpaired) electrons. The minimum atomic E-state index is -1.05. The van der Waals surface area contributed by atoms with Gasteiger partial charge in [0.2, 0.25) is 5.83 Å². The van der Waals surface area contributed by atoms with Gasteiger partial charge >= 0.3 is 11.9 Å². The zero-order valence-corrected chi connectivity index (χ0v) is 11.3. The van der Waals surface area contributed by atoms with Gasteiger partial charge in [0, 0.05) is 0 Å². The summed E-state index contributed by atoms with van der Waals surface area (Å²) in [5, 5.41) is 8.93. The van der Waals surface area contributed by atoms with Gasteiger partial charge in [0.15, 0.2) is 0 Å². The molecule has 0 aromatic heterocycles. The van der Waals surface area contributed by atoms with Gasteiger partial charge < -0.3 is 9.84 Å². The summed E-state index contributed by atoms with van der Waals surface area (Å²) >= 11 is 0. The Labute approximate surface area is 106 Å². The lowest BCUT2D eigenvalue weighted by atomic mass is 10.1. The van der Waals surface area contributed by atoms with Crippen LogP contribution in [-0.2, 0) is 14.3 Å². The number of carbonyl (C=O) groups excluding carboxylic acids is 1. The van der Waals surface area contributed by atoms with Crippen molar-refractivity contribution >= 4 is 11.9 Å². The zero-order valence-electron chi connectivity index (χ0n) is 11.3. The molecule has 1 saturated carbocycles. The number of carbonyl (C=O) groups is 2. The van der Waals surface area contributed by atoms with Gasteiger partial charge in [-0.3, -0.25) is 4.79 Å². The van der Waals surface area contributed by atoms with E-state index in [9.17, 15) is 14.0 Å². The Hall–Kier alpha value is -1.39. The number of allylic oxidation sites excluding steroid dienone is 1. The summed E-state index contributed by atoms with van der Waals surface area (Å²) in [7, 11) is 0. The molecule has 0 heterocycles. The molecule has 0 spiro atoms. The van der Waals surface area contributed by atoms with Crippen LogP contribution in [0.15, 0.2) is 11.9 Å². The Morgan fingerprint density at radius 2 is 1.83 bits per heavy atom. The van der Waals surface area contributed by atoms with Crippen molar-refractivity contribution in [1.29, 1.82) is 0 Å². The summed E-state index contributed by atoms with van der Waals surface area (Å²) < 4.78 is 18.5. The van der Waals surface area contributed by atoms with Crippen molar-refractivity contribution in [1.82, 2.24) is 0 Å². The van der Waals surface area contributed by atoms with Crippen LogP contribution in [0.4, 0.5) is 4.39 Å². The van der Waals surface area contributed by atoms with Crippen molar-refractivity contribution in [3.8, 4) is 0 Å². The summed E-state index contributed by atoms with van der Waals surface area (Å²) in [6.07, 6.45) is 1.06. The van der Waals surface area contributed by atoms with E-state index in [-0.39, 0.29) is 0 Å². The molecule has 1 fully saturated rings. The van der Waals surface area contributed by atoms with E-state index in [2.05, 4.69) is 0 Å². The minimum Gasteiger partial charge on any atom is -0.481 e. The molecular formula is C13H19FO4. The van der Waals surface area contributed by atoms with Crippen molar-refractivity contribution in [2.75, 3.05) is 0 Å². The molecular weight excluding hydrogens is 239 g/mol. The van der Waals surface area contributed by atoms with Crippen LogP contribution in [0.25, 0.3) is 0 Å². The van der Waals surface area contributed by atoms with Crippen LogP contribution < -0.4 is 0 Å². The first-order valence-corrected chi connectivity index (χ1v) is 5.80. The van der Waals surface area contributed by atoms with E-state index in [1.165, 1.54) is 0 Å². The topological polar surface area (TPSA) is 63.6 Å². The Balaban J connectivity index is 2.74. The van der Waals surface area contributed by atoms with Crippen molar-refractivity contribution < 1.29 is 23.8 Å². The molecule has 4 nitrogen and oxygen atoms in total. The molecule has 0 amide bonds. The van der Waals surface area contributed by atoms with E-state index < -0.39 is 40.6 Å². The quantitative estimate of drug-likeness (QED) is 0.624. The molecule has 0 aliphatic heterocycles. The Bertz CT molecular complexity index is 404. The van der Waals surface area contributed by atoms with Crippen LogP contribution in [0.5, 0.6) is 0 Å². The van der Waals surface area contributed by atoms with E-state index in [4.69, 9.17) is 9.84 Å². The van der Waals surface area contributed by atoms with Crippen LogP contribution >= 0.6 is 0 Å². The van der Waals surface area contributed by atoms with Crippen LogP contribution in [0.2, 0.25) is 0 Å². The number of hydrogen-bond donors (Lipinski definition) is 1. The monoisotopic (exact) mass is 258 g/mol.